The molecule has 1 N–H and O–H groups in total. The number of ether oxygens (including phenoxy) is 1. The van der Waals surface area contributed by atoms with Gasteiger partial charge in [0.2, 0.25) is 17.6 Å². The van der Waals surface area contributed by atoms with Gasteiger partial charge in [0.05, 0.1) is 23.9 Å². The Bertz CT molecular complexity index is 1050. The summed E-state index contributed by atoms with van der Waals surface area (Å²) in [6.07, 6.45) is -3.20. The maximum atomic E-state index is 13.0. The maximum absolute atomic E-state index is 13.0. The number of hydrogen-bond acceptors (Lipinski definition) is 7. The number of halogens is 3. The van der Waals surface area contributed by atoms with Crippen LogP contribution in [0.2, 0.25) is 0 Å². The van der Waals surface area contributed by atoms with Crippen LogP contribution in [0, 0.1) is 0 Å². The lowest BCUT2D eigenvalue weighted by Gasteiger charge is -2.13. The van der Waals surface area contributed by atoms with Crippen LogP contribution < -0.4 is 5.32 Å². The highest BCUT2D eigenvalue weighted by Gasteiger charge is 2.32. The van der Waals surface area contributed by atoms with Crippen molar-refractivity contribution in [2.75, 3.05) is 12.4 Å². The van der Waals surface area contributed by atoms with Gasteiger partial charge >= 0.3 is 12.1 Å². The molecule has 0 bridgehead atoms. The van der Waals surface area contributed by atoms with E-state index in [2.05, 4.69) is 25.2 Å². The fraction of sp³-hybridized carbons (Fsp3) is 0.211. The molecule has 0 atom stereocenters. The number of carbonyl (C=O) groups is 2. The minimum Gasteiger partial charge on any atom is -0.465 e. The molecule has 0 unspecified atom stereocenters. The van der Waals surface area contributed by atoms with Crippen LogP contribution >= 0.6 is 0 Å². The van der Waals surface area contributed by atoms with E-state index in [9.17, 15) is 22.8 Å². The van der Waals surface area contributed by atoms with Crippen LogP contribution in [-0.4, -0.2) is 34.1 Å². The third kappa shape index (κ3) is 4.99. The summed E-state index contributed by atoms with van der Waals surface area (Å²) in [5.41, 5.74) is -1.03. The summed E-state index contributed by atoms with van der Waals surface area (Å²) in [5.74, 6) is -1.12. The second kappa shape index (κ2) is 8.72. The van der Waals surface area contributed by atoms with Gasteiger partial charge in [-0.05, 0) is 30.3 Å². The van der Waals surface area contributed by atoms with E-state index in [1.807, 2.05) is 0 Å². The number of rotatable bonds is 6. The van der Waals surface area contributed by atoms with Gasteiger partial charge in [-0.25, -0.2) is 4.79 Å². The van der Waals surface area contributed by atoms with Gasteiger partial charge in [0, 0.05) is 19.0 Å². The monoisotopic (exact) mass is 420 g/mol. The number of nitrogens with one attached hydrogen (secondary N) is 1. The van der Waals surface area contributed by atoms with E-state index in [1.165, 1.54) is 0 Å². The number of anilines is 1. The van der Waals surface area contributed by atoms with Crippen molar-refractivity contribution in [1.82, 2.24) is 15.1 Å². The Kier molecular flexibility index (Phi) is 6.09. The Morgan fingerprint density at radius 3 is 2.67 bits per heavy atom. The lowest BCUT2D eigenvalue weighted by Crippen LogP contribution is -2.17. The molecule has 0 saturated carbocycles. The van der Waals surface area contributed by atoms with Crippen LogP contribution in [0.1, 0.15) is 28.2 Å². The van der Waals surface area contributed by atoms with Gasteiger partial charge in [0.1, 0.15) is 5.69 Å². The highest BCUT2D eigenvalue weighted by molar-refractivity contribution is 6.01. The molecule has 2 heterocycles. The highest BCUT2D eigenvalue weighted by Crippen LogP contribution is 2.32. The van der Waals surface area contributed by atoms with E-state index >= 15 is 0 Å². The Labute approximate surface area is 168 Å². The van der Waals surface area contributed by atoms with Crippen molar-refractivity contribution < 1.29 is 32.0 Å². The van der Waals surface area contributed by atoms with Gasteiger partial charge < -0.3 is 14.6 Å². The van der Waals surface area contributed by atoms with Crippen molar-refractivity contribution in [1.29, 1.82) is 0 Å². The third-order valence-corrected chi connectivity index (χ3v) is 3.95. The second-order valence-corrected chi connectivity index (χ2v) is 6.02. The average molecular weight is 420 g/mol. The Hall–Kier alpha value is -3.76. The van der Waals surface area contributed by atoms with Crippen molar-refractivity contribution >= 4 is 17.6 Å². The van der Waals surface area contributed by atoms with Crippen LogP contribution in [0.25, 0.3) is 11.5 Å². The molecule has 0 saturated heterocycles. The first-order valence-electron chi connectivity index (χ1n) is 8.61. The quantitative estimate of drug-likeness (QED) is 0.608. The summed E-state index contributed by atoms with van der Waals surface area (Å²) in [6, 6.07) is 7.52. The fourth-order valence-corrected chi connectivity index (χ4v) is 2.50. The first-order valence-corrected chi connectivity index (χ1v) is 8.61. The number of aromatic nitrogens is 3. The maximum Gasteiger partial charge on any atom is 0.416 e. The summed E-state index contributed by atoms with van der Waals surface area (Å²) < 4.78 is 48.5. The predicted molar refractivity (Wildman–Crippen MR) is 97.3 cm³/mol. The lowest BCUT2D eigenvalue weighted by atomic mass is 10.1. The topological polar surface area (TPSA) is 107 Å². The number of alkyl halides is 3. The zero-order valence-corrected chi connectivity index (χ0v) is 15.6. The molecule has 1 amide bonds. The molecule has 0 fully saturated rings. The molecule has 156 valence electrons. The highest BCUT2D eigenvalue weighted by atomic mass is 19.4. The van der Waals surface area contributed by atoms with Crippen LogP contribution in [-0.2, 0) is 22.1 Å². The van der Waals surface area contributed by atoms with Gasteiger partial charge in [-0.3, -0.25) is 9.78 Å². The summed E-state index contributed by atoms with van der Waals surface area (Å²) in [6.45, 7) is 0. The van der Waals surface area contributed by atoms with Gasteiger partial charge in [0.15, 0.2) is 0 Å². The van der Waals surface area contributed by atoms with Crippen LogP contribution in [0.4, 0.5) is 18.9 Å². The van der Waals surface area contributed by atoms with Gasteiger partial charge in [0.25, 0.3) is 0 Å². The van der Waals surface area contributed by atoms with E-state index in [-0.39, 0.29) is 35.8 Å². The van der Waals surface area contributed by atoms with Gasteiger partial charge in [-0.15, -0.1) is 0 Å². The first kappa shape index (κ1) is 21.0. The number of esters is 1. The number of amides is 1. The summed E-state index contributed by atoms with van der Waals surface area (Å²) in [7, 11) is 1.08. The van der Waals surface area contributed by atoms with E-state index in [0.717, 1.165) is 19.2 Å². The number of pyridine rings is 1. The minimum atomic E-state index is -4.64. The molecule has 1 aromatic carbocycles. The number of aryl methyl sites for hydroxylation is 1. The van der Waals surface area contributed by atoms with Crippen LogP contribution in [0.3, 0.4) is 0 Å². The fourth-order valence-electron chi connectivity index (χ4n) is 2.50. The van der Waals surface area contributed by atoms with Crippen LogP contribution in [0.5, 0.6) is 0 Å². The van der Waals surface area contributed by atoms with Crippen molar-refractivity contribution in [3.8, 4) is 11.5 Å². The van der Waals surface area contributed by atoms with Crippen molar-refractivity contribution in [3.05, 3.63) is 59.6 Å². The molecule has 0 aliphatic rings. The van der Waals surface area contributed by atoms with Gasteiger partial charge in [-0.1, -0.05) is 11.2 Å². The predicted octanol–water partition coefficient (Wildman–Crippen LogP) is 3.51. The Morgan fingerprint density at radius 2 is 2.00 bits per heavy atom. The third-order valence-electron chi connectivity index (χ3n) is 3.95. The number of benzene rings is 1. The summed E-state index contributed by atoms with van der Waals surface area (Å²) in [4.78, 5) is 32.2. The number of nitrogens with zero attached hydrogens (tertiary/aromatic N) is 3. The summed E-state index contributed by atoms with van der Waals surface area (Å²) in [5, 5.41) is 6.07. The second-order valence-electron chi connectivity index (χ2n) is 6.02. The molecular formula is C19H15F3N4O4. The average Bonchev–Trinajstić information content (AvgIpc) is 3.21. The molecule has 0 aliphatic heterocycles. The first-order chi connectivity index (χ1) is 14.3. The zero-order valence-electron chi connectivity index (χ0n) is 15.6. The molecule has 11 heteroatoms. The lowest BCUT2D eigenvalue weighted by molar-refractivity contribution is -0.137. The normalized spacial score (nSPS) is 11.2. The number of carbonyl (C=O) groups excluding carboxylic acids is 2. The minimum absolute atomic E-state index is 0.0399. The van der Waals surface area contributed by atoms with E-state index in [4.69, 9.17) is 4.52 Å². The zero-order chi connectivity index (χ0) is 21.7. The molecule has 2 aromatic heterocycles. The number of hydrogen-bond donors (Lipinski definition) is 1. The molecule has 3 rings (SSSR count). The van der Waals surface area contributed by atoms with E-state index in [0.29, 0.717) is 11.8 Å². The van der Waals surface area contributed by atoms with Gasteiger partial charge in [-0.2, -0.15) is 18.2 Å². The molecular weight excluding hydrogens is 405 g/mol. The molecule has 0 radical (unpaired) electrons. The Morgan fingerprint density at radius 1 is 1.20 bits per heavy atom. The molecule has 3 aromatic rings. The largest absolute Gasteiger partial charge is 0.465 e. The SMILES string of the molecule is COC(=O)c1ccc(C(F)(F)F)cc1NC(=O)CCc1nc(-c2ccccn2)no1. The smallest absolute Gasteiger partial charge is 0.416 e. The van der Waals surface area contributed by atoms with E-state index in [1.54, 1.807) is 24.4 Å². The molecule has 0 aliphatic carbocycles. The molecule has 8 nitrogen and oxygen atoms in total. The van der Waals surface area contributed by atoms with E-state index < -0.39 is 23.6 Å². The molecule has 30 heavy (non-hydrogen) atoms. The standard InChI is InChI=1S/C19H15F3N4O4/c1-29-18(28)12-6-5-11(19(20,21)22)10-14(12)24-15(27)7-8-16-25-17(26-30-16)13-4-2-3-9-23-13/h2-6,9-10H,7-8H2,1H3,(H,24,27). The van der Waals surface area contributed by atoms with Crippen molar-refractivity contribution in [2.45, 2.75) is 19.0 Å². The van der Waals surface area contributed by atoms with Crippen LogP contribution in [0.15, 0.2) is 47.1 Å². The summed E-state index contributed by atoms with van der Waals surface area (Å²) >= 11 is 0. The number of methoxy groups -OCH3 is 1. The Balaban J connectivity index is 1.70. The van der Waals surface area contributed by atoms with Crippen molar-refractivity contribution in [2.24, 2.45) is 0 Å². The van der Waals surface area contributed by atoms with Crippen molar-refractivity contribution in [3.63, 3.8) is 0 Å². The molecule has 0 spiro atoms.